The van der Waals surface area contributed by atoms with Crippen molar-refractivity contribution < 1.29 is 13.6 Å². The molecule has 3 rings (SSSR count). The van der Waals surface area contributed by atoms with Crippen LogP contribution in [0.15, 0.2) is 51.0 Å². The van der Waals surface area contributed by atoms with Gasteiger partial charge in [0.1, 0.15) is 12.4 Å². The van der Waals surface area contributed by atoms with Gasteiger partial charge in [-0.15, -0.1) is 16.4 Å². The van der Waals surface area contributed by atoms with Crippen LogP contribution in [0.25, 0.3) is 10.8 Å². The molecule has 8 heteroatoms. The monoisotopic (exact) mass is 347 g/mol. The van der Waals surface area contributed by atoms with Gasteiger partial charge in [-0.2, -0.15) is 4.68 Å². The molecule has 0 aliphatic heterocycles. The predicted octanol–water partition coefficient (Wildman–Crippen LogP) is 2.36. The van der Waals surface area contributed by atoms with Crippen molar-refractivity contribution in [2.45, 2.75) is 13.1 Å². The van der Waals surface area contributed by atoms with E-state index in [4.69, 9.17) is 4.42 Å². The number of likely N-dealkylation sites (N-methyl/N-ethyl adjacent to an activating group) is 1. The maximum Gasteiger partial charge on any atom is 0.437 e. The zero-order chi connectivity index (χ0) is 17.1. The molecule has 0 saturated carbocycles. The van der Waals surface area contributed by atoms with Gasteiger partial charge in [-0.3, -0.25) is 4.79 Å². The van der Waals surface area contributed by atoms with Gasteiger partial charge in [-0.25, -0.2) is 9.18 Å². The van der Waals surface area contributed by atoms with Gasteiger partial charge < -0.3 is 9.32 Å². The average Bonchev–Trinajstić information content (AvgIpc) is 3.20. The molecule has 0 bridgehead atoms. The number of amides is 1. The van der Waals surface area contributed by atoms with Crippen LogP contribution in [0, 0.1) is 5.82 Å². The van der Waals surface area contributed by atoms with Crippen LogP contribution >= 0.6 is 11.3 Å². The van der Waals surface area contributed by atoms with Gasteiger partial charge in [0.25, 0.3) is 5.89 Å². The molecule has 0 unspecified atom stereocenters. The van der Waals surface area contributed by atoms with Crippen LogP contribution in [-0.2, 0) is 17.9 Å². The molecule has 24 heavy (non-hydrogen) atoms. The summed E-state index contributed by atoms with van der Waals surface area (Å²) < 4.78 is 19.0. The van der Waals surface area contributed by atoms with Gasteiger partial charge in [0.05, 0.1) is 4.88 Å². The fourth-order valence-corrected chi connectivity index (χ4v) is 2.75. The maximum absolute atomic E-state index is 12.9. The summed E-state index contributed by atoms with van der Waals surface area (Å²) in [5.41, 5.74) is 0.791. The highest BCUT2D eigenvalue weighted by molar-refractivity contribution is 7.13. The third-order valence-electron chi connectivity index (χ3n) is 3.38. The Bertz CT molecular complexity index is 884. The highest BCUT2D eigenvalue weighted by Crippen LogP contribution is 2.21. The zero-order valence-corrected chi connectivity index (χ0v) is 13.6. The number of carbonyl (C=O) groups is 1. The quantitative estimate of drug-likeness (QED) is 0.710. The SMILES string of the molecule is CN(Cc1ccc(F)cc1)C(=O)Cn1nc(-c2cccs2)oc1=O. The van der Waals surface area contributed by atoms with Crippen LogP contribution in [0.1, 0.15) is 5.56 Å². The number of hydrogen-bond donors (Lipinski definition) is 0. The third kappa shape index (κ3) is 3.60. The first-order valence-corrected chi connectivity index (χ1v) is 8.01. The van der Waals surface area contributed by atoms with E-state index in [2.05, 4.69) is 5.10 Å². The number of aromatic nitrogens is 2. The fraction of sp³-hybridized carbons (Fsp3) is 0.188. The van der Waals surface area contributed by atoms with E-state index in [0.29, 0.717) is 6.54 Å². The molecule has 0 radical (unpaired) electrons. The van der Waals surface area contributed by atoms with Gasteiger partial charge in [0, 0.05) is 13.6 Å². The highest BCUT2D eigenvalue weighted by Gasteiger charge is 2.16. The van der Waals surface area contributed by atoms with E-state index in [1.54, 1.807) is 25.2 Å². The summed E-state index contributed by atoms with van der Waals surface area (Å²) in [6.45, 7) is 0.0922. The predicted molar refractivity (Wildman–Crippen MR) is 87.0 cm³/mol. The third-order valence-corrected chi connectivity index (χ3v) is 4.24. The molecule has 0 fully saturated rings. The molecule has 124 valence electrons. The second-order valence-corrected chi connectivity index (χ2v) is 6.13. The molecule has 0 atom stereocenters. The van der Waals surface area contributed by atoms with E-state index in [0.717, 1.165) is 15.1 Å². The van der Waals surface area contributed by atoms with Crippen molar-refractivity contribution in [3.63, 3.8) is 0 Å². The summed E-state index contributed by atoms with van der Waals surface area (Å²) in [6.07, 6.45) is 0. The first-order valence-electron chi connectivity index (χ1n) is 7.13. The molecular weight excluding hydrogens is 333 g/mol. The Morgan fingerprint density at radius 1 is 1.33 bits per heavy atom. The van der Waals surface area contributed by atoms with Crippen LogP contribution in [0.4, 0.5) is 4.39 Å². The van der Waals surface area contributed by atoms with Crippen molar-refractivity contribution in [2.24, 2.45) is 0 Å². The zero-order valence-electron chi connectivity index (χ0n) is 12.8. The summed E-state index contributed by atoms with van der Waals surface area (Å²) in [5, 5.41) is 5.89. The van der Waals surface area contributed by atoms with Crippen LogP contribution in [0.2, 0.25) is 0 Å². The normalized spacial score (nSPS) is 10.8. The number of halogens is 1. The molecule has 0 saturated heterocycles. The molecular formula is C16H14FN3O3S. The average molecular weight is 347 g/mol. The Morgan fingerprint density at radius 3 is 2.75 bits per heavy atom. The maximum atomic E-state index is 12.9. The second kappa shape index (κ2) is 6.79. The van der Waals surface area contributed by atoms with Gasteiger partial charge in [0.2, 0.25) is 5.91 Å². The van der Waals surface area contributed by atoms with E-state index in [1.807, 2.05) is 11.4 Å². The largest absolute Gasteiger partial charge is 0.437 e. The van der Waals surface area contributed by atoms with Gasteiger partial charge >= 0.3 is 5.76 Å². The highest BCUT2D eigenvalue weighted by atomic mass is 32.1. The number of thiophene rings is 1. The molecule has 6 nitrogen and oxygen atoms in total. The van der Waals surface area contributed by atoms with Crippen LogP contribution in [0.3, 0.4) is 0 Å². The fourth-order valence-electron chi connectivity index (χ4n) is 2.11. The second-order valence-electron chi connectivity index (χ2n) is 5.18. The summed E-state index contributed by atoms with van der Waals surface area (Å²) >= 11 is 1.39. The number of benzene rings is 1. The van der Waals surface area contributed by atoms with Gasteiger partial charge in [0.15, 0.2) is 0 Å². The molecule has 3 aromatic rings. The summed E-state index contributed by atoms with van der Waals surface area (Å²) in [7, 11) is 1.61. The van der Waals surface area contributed by atoms with Gasteiger partial charge in [-0.05, 0) is 29.1 Å². The Balaban J connectivity index is 1.68. The topological polar surface area (TPSA) is 68.3 Å². The molecule has 2 aromatic heterocycles. The van der Waals surface area contributed by atoms with E-state index < -0.39 is 5.76 Å². The Hall–Kier alpha value is -2.74. The summed E-state index contributed by atoms with van der Waals surface area (Å²) in [6, 6.07) is 9.49. The minimum Gasteiger partial charge on any atom is -0.387 e. The van der Waals surface area contributed by atoms with Crippen molar-refractivity contribution in [1.29, 1.82) is 0 Å². The van der Waals surface area contributed by atoms with Crippen molar-refractivity contribution >= 4 is 17.2 Å². The lowest BCUT2D eigenvalue weighted by molar-refractivity contribution is -0.131. The van der Waals surface area contributed by atoms with Crippen molar-refractivity contribution in [1.82, 2.24) is 14.7 Å². The molecule has 0 N–H and O–H groups in total. The lowest BCUT2D eigenvalue weighted by atomic mass is 10.2. The Labute approximate surface area is 140 Å². The number of nitrogens with zero attached hydrogens (tertiary/aromatic N) is 3. The summed E-state index contributed by atoms with van der Waals surface area (Å²) in [5.74, 6) is -1.11. The minimum atomic E-state index is -0.679. The first-order chi connectivity index (χ1) is 11.5. The molecule has 0 aliphatic rings. The summed E-state index contributed by atoms with van der Waals surface area (Å²) in [4.78, 5) is 26.2. The lowest BCUT2D eigenvalue weighted by Crippen LogP contribution is -2.33. The first kappa shape index (κ1) is 16.1. The van der Waals surface area contributed by atoms with E-state index in [9.17, 15) is 14.0 Å². The number of carbonyl (C=O) groups excluding carboxylic acids is 1. The standard InChI is InChI=1S/C16H14FN3O3S/c1-19(9-11-4-6-12(17)7-5-11)14(21)10-20-16(22)23-15(18-20)13-3-2-8-24-13/h2-8H,9-10H2,1H3. The molecule has 0 spiro atoms. The van der Waals surface area contributed by atoms with Crippen molar-refractivity contribution in [3.05, 3.63) is 63.7 Å². The molecule has 1 aromatic carbocycles. The van der Waals surface area contributed by atoms with E-state index in [-0.39, 0.29) is 24.2 Å². The van der Waals surface area contributed by atoms with Gasteiger partial charge in [-0.1, -0.05) is 18.2 Å². The van der Waals surface area contributed by atoms with Crippen LogP contribution in [0.5, 0.6) is 0 Å². The number of rotatable bonds is 5. The Kier molecular flexibility index (Phi) is 4.57. The van der Waals surface area contributed by atoms with Crippen LogP contribution < -0.4 is 5.76 Å². The van der Waals surface area contributed by atoms with Crippen LogP contribution in [-0.4, -0.2) is 27.6 Å². The van der Waals surface area contributed by atoms with E-state index >= 15 is 0 Å². The molecule has 1 amide bonds. The van der Waals surface area contributed by atoms with Crippen molar-refractivity contribution in [2.75, 3.05) is 7.05 Å². The Morgan fingerprint density at radius 2 is 2.08 bits per heavy atom. The van der Waals surface area contributed by atoms with E-state index in [1.165, 1.54) is 28.4 Å². The smallest absolute Gasteiger partial charge is 0.387 e. The minimum absolute atomic E-state index is 0.198. The number of hydrogen-bond acceptors (Lipinski definition) is 5. The molecule has 0 aliphatic carbocycles. The molecule has 2 heterocycles. The van der Waals surface area contributed by atoms with Crippen molar-refractivity contribution in [3.8, 4) is 10.8 Å². The lowest BCUT2D eigenvalue weighted by Gasteiger charge is -2.16.